The average molecular weight is 261 g/mol. The maximum atomic E-state index is 2.33. The molecule has 0 saturated heterocycles. The first-order valence-corrected chi connectivity index (χ1v) is 7.91. The van der Waals surface area contributed by atoms with Crippen LogP contribution in [-0.2, 0) is 6.42 Å². The first kappa shape index (κ1) is 16.2. The fraction of sp³-hybridized carbons (Fsp3) is 0.667. The molecule has 1 aromatic rings. The molecule has 0 aromatic heterocycles. The van der Waals surface area contributed by atoms with Gasteiger partial charge in [0.2, 0.25) is 0 Å². The van der Waals surface area contributed by atoms with Gasteiger partial charge in [-0.1, -0.05) is 69.4 Å². The summed E-state index contributed by atoms with van der Waals surface area (Å²) in [6.07, 6.45) is 9.56. The lowest BCUT2D eigenvalue weighted by Crippen LogP contribution is -2.23. The van der Waals surface area contributed by atoms with Crippen LogP contribution in [0.5, 0.6) is 0 Å². The van der Waals surface area contributed by atoms with Crippen molar-refractivity contribution < 1.29 is 0 Å². The normalized spacial score (nSPS) is 12.8. The smallest absolute Gasteiger partial charge is 0.000674 e. The van der Waals surface area contributed by atoms with Gasteiger partial charge in [-0.3, -0.25) is 0 Å². The molecule has 1 atom stereocenters. The third kappa shape index (κ3) is 8.05. The van der Waals surface area contributed by atoms with Crippen molar-refractivity contribution in [3.05, 3.63) is 35.9 Å². The molecule has 0 aliphatic rings. The highest BCUT2D eigenvalue weighted by Crippen LogP contribution is 2.17. The Kier molecular flexibility index (Phi) is 8.57. The molecule has 1 rings (SSSR count). The van der Waals surface area contributed by atoms with Gasteiger partial charge in [0.25, 0.3) is 0 Å². The summed E-state index contributed by atoms with van der Waals surface area (Å²) >= 11 is 0. The van der Waals surface area contributed by atoms with E-state index in [9.17, 15) is 0 Å². The largest absolute Gasteiger partial charge is 0.309 e. The highest BCUT2D eigenvalue weighted by atomic mass is 15.1. The molecule has 0 heterocycles. The van der Waals surface area contributed by atoms with Gasteiger partial charge in [-0.2, -0.15) is 0 Å². The number of hydrogen-bond donors (Lipinski definition) is 0. The van der Waals surface area contributed by atoms with Crippen LogP contribution in [0.2, 0.25) is 0 Å². The Morgan fingerprint density at radius 2 is 1.63 bits per heavy atom. The zero-order valence-electron chi connectivity index (χ0n) is 13.1. The lowest BCUT2D eigenvalue weighted by atomic mass is 9.93. The SMILES string of the molecule is CCCCCCCC(Cc1ccccc1)CN(C)C. The van der Waals surface area contributed by atoms with Gasteiger partial charge >= 0.3 is 0 Å². The molecule has 1 heteroatoms. The highest BCUT2D eigenvalue weighted by Gasteiger charge is 2.10. The van der Waals surface area contributed by atoms with Crippen LogP contribution in [0.3, 0.4) is 0 Å². The van der Waals surface area contributed by atoms with Gasteiger partial charge in [0.05, 0.1) is 0 Å². The summed E-state index contributed by atoms with van der Waals surface area (Å²) in [5.74, 6) is 0.805. The molecule has 0 radical (unpaired) electrons. The van der Waals surface area contributed by atoms with Gasteiger partial charge in [-0.15, -0.1) is 0 Å². The van der Waals surface area contributed by atoms with Gasteiger partial charge in [-0.25, -0.2) is 0 Å². The molecule has 0 fully saturated rings. The van der Waals surface area contributed by atoms with Crippen molar-refractivity contribution in [3.8, 4) is 0 Å². The summed E-state index contributed by atoms with van der Waals surface area (Å²) in [5, 5.41) is 0. The molecule has 0 aliphatic carbocycles. The molecular weight excluding hydrogens is 230 g/mol. The second-order valence-electron chi connectivity index (χ2n) is 6.02. The monoisotopic (exact) mass is 261 g/mol. The number of hydrogen-bond acceptors (Lipinski definition) is 1. The molecule has 1 nitrogen and oxygen atoms in total. The van der Waals surface area contributed by atoms with E-state index in [1.165, 1.54) is 57.1 Å². The minimum Gasteiger partial charge on any atom is -0.309 e. The summed E-state index contributed by atoms with van der Waals surface area (Å²) in [6.45, 7) is 3.49. The van der Waals surface area contributed by atoms with Crippen LogP contribution in [0.1, 0.15) is 51.0 Å². The average Bonchev–Trinajstić information content (AvgIpc) is 2.39. The van der Waals surface area contributed by atoms with Crippen LogP contribution in [0.4, 0.5) is 0 Å². The Bertz CT molecular complexity index is 305. The van der Waals surface area contributed by atoms with Crippen molar-refractivity contribution in [2.75, 3.05) is 20.6 Å². The van der Waals surface area contributed by atoms with Crippen molar-refractivity contribution in [3.63, 3.8) is 0 Å². The zero-order valence-corrected chi connectivity index (χ0v) is 13.1. The first-order valence-electron chi connectivity index (χ1n) is 7.91. The van der Waals surface area contributed by atoms with E-state index in [4.69, 9.17) is 0 Å². The Hall–Kier alpha value is -0.820. The number of unbranched alkanes of at least 4 members (excludes halogenated alkanes) is 4. The summed E-state index contributed by atoms with van der Waals surface area (Å²) in [4.78, 5) is 2.33. The second kappa shape index (κ2) is 10.0. The molecule has 0 bridgehead atoms. The van der Waals surface area contributed by atoms with Gasteiger partial charge in [-0.05, 0) is 38.4 Å². The quantitative estimate of drug-likeness (QED) is 0.548. The maximum Gasteiger partial charge on any atom is 0.000674 e. The van der Waals surface area contributed by atoms with Gasteiger partial charge in [0, 0.05) is 6.54 Å². The summed E-state index contributed by atoms with van der Waals surface area (Å²) in [6, 6.07) is 10.9. The van der Waals surface area contributed by atoms with E-state index < -0.39 is 0 Å². The number of nitrogens with zero attached hydrogens (tertiary/aromatic N) is 1. The lowest BCUT2D eigenvalue weighted by Gasteiger charge is -2.21. The molecule has 19 heavy (non-hydrogen) atoms. The zero-order chi connectivity index (χ0) is 13.9. The molecule has 0 N–H and O–H groups in total. The minimum absolute atomic E-state index is 0.805. The fourth-order valence-corrected chi connectivity index (χ4v) is 2.76. The van der Waals surface area contributed by atoms with Crippen molar-refractivity contribution in [1.82, 2.24) is 4.90 Å². The summed E-state index contributed by atoms with van der Waals surface area (Å²) in [7, 11) is 4.38. The highest BCUT2D eigenvalue weighted by molar-refractivity contribution is 5.15. The third-order valence-corrected chi connectivity index (χ3v) is 3.71. The summed E-state index contributed by atoms with van der Waals surface area (Å²) in [5.41, 5.74) is 1.49. The van der Waals surface area contributed by atoms with Crippen LogP contribution in [-0.4, -0.2) is 25.5 Å². The molecular formula is C18H31N. The minimum atomic E-state index is 0.805. The molecule has 1 aromatic carbocycles. The van der Waals surface area contributed by atoms with Crippen LogP contribution in [0.25, 0.3) is 0 Å². The van der Waals surface area contributed by atoms with Crippen molar-refractivity contribution in [2.24, 2.45) is 5.92 Å². The van der Waals surface area contributed by atoms with Gasteiger partial charge in [0.1, 0.15) is 0 Å². The maximum absolute atomic E-state index is 2.33. The molecule has 0 saturated carbocycles. The van der Waals surface area contributed by atoms with Gasteiger partial charge in [0.15, 0.2) is 0 Å². The fourth-order valence-electron chi connectivity index (χ4n) is 2.76. The van der Waals surface area contributed by atoms with Crippen molar-refractivity contribution in [2.45, 2.75) is 51.9 Å². The lowest BCUT2D eigenvalue weighted by molar-refractivity contribution is 0.303. The molecule has 1 unspecified atom stereocenters. The molecule has 0 spiro atoms. The Morgan fingerprint density at radius 3 is 2.26 bits per heavy atom. The van der Waals surface area contributed by atoms with E-state index in [0.717, 1.165) is 5.92 Å². The third-order valence-electron chi connectivity index (χ3n) is 3.71. The predicted octanol–water partition coefficient (Wildman–Crippen LogP) is 4.77. The molecule has 0 amide bonds. The van der Waals surface area contributed by atoms with Crippen LogP contribution in [0.15, 0.2) is 30.3 Å². The first-order chi connectivity index (χ1) is 9.22. The standard InChI is InChI=1S/C18H31N/c1-4-5-6-7-9-14-18(16-19(2)3)15-17-12-10-8-11-13-17/h8,10-13,18H,4-7,9,14-16H2,1-3H3. The Labute approximate surface area is 120 Å². The van der Waals surface area contributed by atoms with Crippen molar-refractivity contribution in [1.29, 1.82) is 0 Å². The molecule has 108 valence electrons. The predicted molar refractivity (Wildman–Crippen MR) is 85.6 cm³/mol. The van der Waals surface area contributed by atoms with E-state index >= 15 is 0 Å². The topological polar surface area (TPSA) is 3.24 Å². The van der Waals surface area contributed by atoms with Crippen LogP contribution >= 0.6 is 0 Å². The van der Waals surface area contributed by atoms with Crippen LogP contribution < -0.4 is 0 Å². The van der Waals surface area contributed by atoms with E-state index in [1.807, 2.05) is 0 Å². The second-order valence-corrected chi connectivity index (χ2v) is 6.02. The van der Waals surface area contributed by atoms with E-state index in [0.29, 0.717) is 0 Å². The van der Waals surface area contributed by atoms with Crippen molar-refractivity contribution >= 4 is 0 Å². The van der Waals surface area contributed by atoms with E-state index in [1.54, 1.807) is 0 Å². The van der Waals surface area contributed by atoms with Gasteiger partial charge < -0.3 is 4.90 Å². The van der Waals surface area contributed by atoms with Crippen LogP contribution in [0, 0.1) is 5.92 Å². The Balaban J connectivity index is 2.34. The summed E-state index contributed by atoms with van der Waals surface area (Å²) < 4.78 is 0. The number of benzene rings is 1. The molecule has 0 aliphatic heterocycles. The van der Waals surface area contributed by atoms with E-state index in [-0.39, 0.29) is 0 Å². The number of rotatable bonds is 10. The van der Waals surface area contributed by atoms with E-state index in [2.05, 4.69) is 56.3 Å². The Morgan fingerprint density at radius 1 is 0.947 bits per heavy atom.